The monoisotopic (exact) mass is 604 g/mol. The molecule has 0 radical (unpaired) electrons. The van der Waals surface area contributed by atoms with Gasteiger partial charge >= 0.3 is 5.69 Å². The van der Waals surface area contributed by atoms with Crippen LogP contribution < -0.4 is 5.43 Å². The van der Waals surface area contributed by atoms with Gasteiger partial charge in [0.2, 0.25) is 0 Å². The number of fused-ring (bicyclic) bond motifs is 7. The molecule has 4 saturated carbocycles. The first-order valence-electron chi connectivity index (χ1n) is 17.0. The summed E-state index contributed by atoms with van der Waals surface area (Å²) < 4.78 is 0. The Morgan fingerprint density at radius 2 is 1.61 bits per heavy atom. The molecule has 0 saturated heterocycles. The summed E-state index contributed by atoms with van der Waals surface area (Å²) in [6, 6.07) is 3.68. The van der Waals surface area contributed by atoms with Crippen molar-refractivity contribution < 1.29 is 9.85 Å². The number of nitro benzene ring substituents is 2. The van der Waals surface area contributed by atoms with E-state index in [0.717, 1.165) is 49.3 Å². The number of hydrazone groups is 1. The summed E-state index contributed by atoms with van der Waals surface area (Å²) in [5, 5.41) is 27.7. The molecule has 1 aromatic rings. The van der Waals surface area contributed by atoms with Gasteiger partial charge in [-0.1, -0.05) is 67.0 Å². The molecule has 0 heterocycles. The molecule has 6 rings (SSSR count). The summed E-state index contributed by atoms with van der Waals surface area (Å²) >= 11 is 0. The van der Waals surface area contributed by atoms with Gasteiger partial charge in [0.15, 0.2) is 0 Å². The quantitative estimate of drug-likeness (QED) is 0.209. The molecule has 8 heteroatoms. The summed E-state index contributed by atoms with van der Waals surface area (Å²) in [4.78, 5) is 21.7. The maximum absolute atomic E-state index is 11.7. The maximum atomic E-state index is 11.7. The Hall–Kier alpha value is -2.77. The molecule has 5 aliphatic carbocycles. The average Bonchev–Trinajstić information content (AvgIpc) is 2.95. The van der Waals surface area contributed by atoms with Crippen molar-refractivity contribution in [2.75, 3.05) is 5.43 Å². The second kappa shape index (κ2) is 10.1. The van der Waals surface area contributed by atoms with Crippen LogP contribution in [-0.4, -0.2) is 15.6 Å². The molecule has 8 nitrogen and oxygen atoms in total. The summed E-state index contributed by atoms with van der Waals surface area (Å²) in [6.45, 7) is 20.1. The number of benzene rings is 1. The molecule has 1 aromatic carbocycles. The van der Waals surface area contributed by atoms with E-state index in [9.17, 15) is 20.2 Å². The van der Waals surface area contributed by atoms with Crippen LogP contribution in [0.4, 0.5) is 17.1 Å². The van der Waals surface area contributed by atoms with E-state index in [4.69, 9.17) is 5.10 Å². The van der Waals surface area contributed by atoms with Crippen LogP contribution in [0.1, 0.15) is 113 Å². The fraction of sp³-hybridized carbons (Fsp3) is 0.750. The lowest BCUT2D eigenvalue weighted by Gasteiger charge is -2.71. The highest BCUT2D eigenvalue weighted by atomic mass is 16.6. The number of anilines is 1. The number of rotatable bonds is 4. The minimum absolute atomic E-state index is 0.173. The van der Waals surface area contributed by atoms with E-state index < -0.39 is 9.85 Å². The second-order valence-corrected chi connectivity index (χ2v) is 16.9. The van der Waals surface area contributed by atoms with Gasteiger partial charge < -0.3 is 0 Å². The standard InChI is InChI=1S/C36H52N4O4/c1-22-13-16-33(5)19-20-35(7)25(31(33)23(22)2)10-12-29-34(6)17-15-30(32(3,4)28(34)14-18-36(29,35)8)38-37-26-11-9-24(39(41)42)21-27(26)40(43)44/h9-11,21-23,28-29,31,37H,12-20H2,1-8H3/b38-30+/t22-,23+,28+,29-,31+,33-,34+,35-,36-/m1/s1. The molecule has 0 spiro atoms. The van der Waals surface area contributed by atoms with Gasteiger partial charge in [-0.2, -0.15) is 5.10 Å². The summed E-state index contributed by atoms with van der Waals surface area (Å²) in [7, 11) is 0. The normalized spacial score (nSPS) is 43.5. The lowest BCUT2D eigenvalue weighted by Crippen LogP contribution is -2.64. The van der Waals surface area contributed by atoms with E-state index in [1.807, 2.05) is 0 Å². The van der Waals surface area contributed by atoms with Crippen LogP contribution >= 0.6 is 0 Å². The first kappa shape index (κ1) is 31.2. The Labute approximate surface area is 262 Å². The van der Waals surface area contributed by atoms with Gasteiger partial charge in [-0.3, -0.25) is 25.7 Å². The second-order valence-electron chi connectivity index (χ2n) is 16.9. The van der Waals surface area contributed by atoms with Gasteiger partial charge in [0, 0.05) is 17.2 Å². The molecule has 5 aliphatic rings. The molecule has 0 bridgehead atoms. The predicted octanol–water partition coefficient (Wildman–Crippen LogP) is 9.95. The SMILES string of the molecule is C[C@H]1[C@H](C)CC[C@]2(C)CC[C@]3(C)C(=CC[C@@H]4[C@@]5(C)CC/C(=N\Nc6ccc([N+](=O)[O-])cc6[N+](=O)[O-])C(C)(C)[C@@H]5CC[C@]43C)[C@H]12. The van der Waals surface area contributed by atoms with Crippen molar-refractivity contribution in [1.82, 2.24) is 0 Å². The smallest absolute Gasteiger partial charge is 0.272 e. The van der Waals surface area contributed by atoms with E-state index in [-0.39, 0.29) is 38.7 Å². The van der Waals surface area contributed by atoms with Crippen molar-refractivity contribution in [3.05, 3.63) is 50.1 Å². The minimum atomic E-state index is -0.614. The lowest BCUT2D eigenvalue weighted by molar-refractivity contribution is -0.393. The zero-order valence-electron chi connectivity index (χ0n) is 28.0. The van der Waals surface area contributed by atoms with E-state index in [2.05, 4.69) is 66.9 Å². The Morgan fingerprint density at radius 3 is 2.30 bits per heavy atom. The van der Waals surface area contributed by atoms with Gasteiger partial charge in [-0.25, -0.2) is 0 Å². The molecule has 0 aliphatic heterocycles. The zero-order chi connectivity index (χ0) is 32.0. The molecule has 0 amide bonds. The van der Waals surface area contributed by atoms with Crippen molar-refractivity contribution in [2.45, 2.75) is 113 Å². The van der Waals surface area contributed by atoms with E-state index in [1.165, 1.54) is 44.2 Å². The van der Waals surface area contributed by atoms with Crippen LogP contribution in [0.5, 0.6) is 0 Å². The fourth-order valence-corrected chi connectivity index (χ4v) is 11.9. The van der Waals surface area contributed by atoms with Crippen molar-refractivity contribution >= 4 is 22.8 Å². The number of nitrogens with one attached hydrogen (secondary N) is 1. The highest BCUT2D eigenvalue weighted by Crippen LogP contribution is 2.75. The van der Waals surface area contributed by atoms with Crippen LogP contribution in [0.15, 0.2) is 34.9 Å². The molecule has 0 unspecified atom stereocenters. The summed E-state index contributed by atoms with van der Waals surface area (Å²) in [6.07, 6.45) is 13.5. The molecule has 4 fully saturated rings. The first-order valence-corrected chi connectivity index (χ1v) is 17.0. The van der Waals surface area contributed by atoms with Crippen LogP contribution in [0.2, 0.25) is 0 Å². The van der Waals surface area contributed by atoms with Crippen molar-refractivity contribution in [3.8, 4) is 0 Å². The van der Waals surface area contributed by atoms with E-state index >= 15 is 0 Å². The number of allylic oxidation sites excluding steroid dienone is 2. The minimum Gasteiger partial charge on any atom is -0.272 e. The molecule has 0 aromatic heterocycles. The van der Waals surface area contributed by atoms with Gasteiger partial charge in [-0.15, -0.1) is 0 Å². The third-order valence-electron chi connectivity index (χ3n) is 14.9. The highest BCUT2D eigenvalue weighted by Gasteiger charge is 2.67. The Balaban J connectivity index is 1.31. The van der Waals surface area contributed by atoms with Crippen molar-refractivity contribution in [3.63, 3.8) is 0 Å². The Morgan fingerprint density at radius 1 is 0.886 bits per heavy atom. The van der Waals surface area contributed by atoms with Crippen LogP contribution in [0.3, 0.4) is 0 Å². The molecular formula is C36H52N4O4. The predicted molar refractivity (Wildman–Crippen MR) is 175 cm³/mol. The first-order chi connectivity index (χ1) is 20.5. The Kier molecular flexibility index (Phi) is 7.18. The van der Waals surface area contributed by atoms with Crippen molar-refractivity contribution in [2.24, 2.45) is 61.8 Å². The van der Waals surface area contributed by atoms with Gasteiger partial charge in [0.1, 0.15) is 5.69 Å². The largest absolute Gasteiger partial charge is 0.301 e. The molecule has 44 heavy (non-hydrogen) atoms. The van der Waals surface area contributed by atoms with Gasteiger partial charge in [-0.05, 0) is 115 Å². The number of hydrogen-bond donors (Lipinski definition) is 1. The van der Waals surface area contributed by atoms with Crippen LogP contribution in [-0.2, 0) is 0 Å². The van der Waals surface area contributed by atoms with E-state index in [1.54, 1.807) is 5.57 Å². The molecule has 9 atom stereocenters. The van der Waals surface area contributed by atoms with E-state index in [0.29, 0.717) is 23.2 Å². The number of nitro groups is 2. The number of hydrogen-bond acceptors (Lipinski definition) is 6. The summed E-state index contributed by atoms with van der Waals surface area (Å²) in [5.74, 6) is 3.28. The maximum Gasteiger partial charge on any atom is 0.301 e. The molecule has 1 N–H and O–H groups in total. The molecular weight excluding hydrogens is 552 g/mol. The topological polar surface area (TPSA) is 111 Å². The highest BCUT2D eigenvalue weighted by molar-refractivity contribution is 5.91. The van der Waals surface area contributed by atoms with Crippen LogP contribution in [0, 0.1) is 76.9 Å². The number of non-ortho nitro benzene ring substituents is 1. The third kappa shape index (κ3) is 4.24. The lowest BCUT2D eigenvalue weighted by atomic mass is 9.33. The number of nitrogens with zero attached hydrogens (tertiary/aromatic N) is 3. The third-order valence-corrected chi connectivity index (χ3v) is 14.9. The summed E-state index contributed by atoms with van der Waals surface area (Å²) in [5.41, 5.74) is 6.25. The average molecular weight is 605 g/mol. The van der Waals surface area contributed by atoms with Crippen LogP contribution in [0.25, 0.3) is 0 Å². The Bertz CT molecular complexity index is 1450. The fourth-order valence-electron chi connectivity index (χ4n) is 11.9. The van der Waals surface area contributed by atoms with Crippen molar-refractivity contribution in [1.29, 1.82) is 0 Å². The molecule has 240 valence electrons. The zero-order valence-corrected chi connectivity index (χ0v) is 28.0. The van der Waals surface area contributed by atoms with Gasteiger partial charge in [0.05, 0.1) is 15.9 Å². The van der Waals surface area contributed by atoms with Gasteiger partial charge in [0.25, 0.3) is 5.69 Å².